The Balaban J connectivity index is 1.49. The van der Waals surface area contributed by atoms with Gasteiger partial charge in [-0.3, -0.25) is 33.8 Å². The molecule has 5 rings (SSSR count). The molecule has 212 valence electrons. The van der Waals surface area contributed by atoms with E-state index < -0.39 is 39.5 Å². The monoisotopic (exact) mass is 559 g/mol. The van der Waals surface area contributed by atoms with E-state index >= 15 is 0 Å². The minimum absolute atomic E-state index is 0.0785. The van der Waals surface area contributed by atoms with Crippen molar-refractivity contribution in [2.45, 2.75) is 31.8 Å². The van der Waals surface area contributed by atoms with Gasteiger partial charge in [0.15, 0.2) is 11.2 Å². The summed E-state index contributed by atoms with van der Waals surface area (Å²) in [5, 5.41) is 14.9. The van der Waals surface area contributed by atoms with Gasteiger partial charge >= 0.3 is 11.7 Å². The molecular weight excluding hydrogens is 530 g/mol. The highest BCUT2D eigenvalue weighted by atomic mass is 16.6. The molecule has 3 atom stereocenters. The quantitative estimate of drug-likeness (QED) is 0.203. The number of rotatable bonds is 7. The molecule has 0 radical (unpaired) electrons. The van der Waals surface area contributed by atoms with Crippen LogP contribution in [0, 0.1) is 16.0 Å². The van der Waals surface area contributed by atoms with Gasteiger partial charge in [-0.15, -0.1) is 0 Å². The van der Waals surface area contributed by atoms with Crippen molar-refractivity contribution in [3.8, 4) is 0 Å². The lowest BCUT2D eigenvalue weighted by Gasteiger charge is -2.45. The molecule has 0 spiro atoms. The van der Waals surface area contributed by atoms with Gasteiger partial charge in [-0.1, -0.05) is 24.3 Å². The molecule has 3 aromatic heterocycles. The third-order valence-electron chi connectivity index (χ3n) is 7.64. The molecule has 0 amide bonds. The van der Waals surface area contributed by atoms with Gasteiger partial charge in [-0.05, 0) is 31.0 Å². The predicted octanol–water partition coefficient (Wildman–Crippen LogP) is 2.10. The number of pyridine rings is 1. The van der Waals surface area contributed by atoms with Crippen molar-refractivity contribution in [1.82, 2.24) is 29.0 Å². The lowest BCUT2D eigenvalue weighted by atomic mass is 9.68. The Kier molecular flexibility index (Phi) is 7.03. The predicted molar refractivity (Wildman–Crippen MR) is 149 cm³/mol. The molecule has 1 aromatic carbocycles. The fourth-order valence-electron chi connectivity index (χ4n) is 5.59. The number of ether oxygens (including phenoxy) is 1. The lowest BCUT2D eigenvalue weighted by molar-refractivity contribution is -0.384. The first kappa shape index (κ1) is 27.5. The van der Waals surface area contributed by atoms with Gasteiger partial charge in [0, 0.05) is 50.2 Å². The number of nitrogens with zero attached hydrogens (tertiary/aromatic N) is 6. The summed E-state index contributed by atoms with van der Waals surface area (Å²) in [6.07, 6.45) is 6.61. The molecule has 4 heterocycles. The summed E-state index contributed by atoms with van der Waals surface area (Å²) in [4.78, 5) is 58.5. The summed E-state index contributed by atoms with van der Waals surface area (Å²) in [7, 11) is 2.92. The minimum Gasteiger partial charge on any atom is -0.463 e. The van der Waals surface area contributed by atoms with Crippen molar-refractivity contribution in [3.63, 3.8) is 0 Å². The number of allylic oxidation sites excluding steroid dienone is 2. The number of nitro groups is 1. The molecule has 1 aliphatic heterocycles. The summed E-state index contributed by atoms with van der Waals surface area (Å²) >= 11 is 0. The van der Waals surface area contributed by atoms with E-state index in [4.69, 9.17) is 4.74 Å². The lowest BCUT2D eigenvalue weighted by Crippen LogP contribution is -2.53. The maximum Gasteiger partial charge on any atom is 0.332 e. The molecule has 0 bridgehead atoms. The number of aromatic nitrogens is 5. The molecule has 0 fully saturated rings. The number of non-ortho nitro benzene ring substituents is 1. The average molecular weight is 560 g/mol. The zero-order valence-corrected chi connectivity index (χ0v) is 23.0. The summed E-state index contributed by atoms with van der Waals surface area (Å²) in [5.74, 6) is -1.91. The fourth-order valence-corrected chi connectivity index (χ4v) is 5.59. The molecule has 4 aromatic rings. The van der Waals surface area contributed by atoms with Crippen molar-refractivity contribution in [2.24, 2.45) is 20.0 Å². The number of fused-ring (bicyclic) bond motifs is 1. The second kappa shape index (κ2) is 10.5. The van der Waals surface area contributed by atoms with E-state index in [1.54, 1.807) is 35.2 Å². The molecule has 1 N–H and O–H groups in total. The van der Waals surface area contributed by atoms with Gasteiger partial charge in [0.25, 0.3) is 11.2 Å². The smallest absolute Gasteiger partial charge is 0.332 e. The van der Waals surface area contributed by atoms with Crippen molar-refractivity contribution in [1.29, 1.82) is 0 Å². The Bertz CT molecular complexity index is 1810. The summed E-state index contributed by atoms with van der Waals surface area (Å²) in [6.45, 7) is 3.79. The van der Waals surface area contributed by atoms with E-state index in [0.717, 1.165) is 15.8 Å². The van der Waals surface area contributed by atoms with Crippen LogP contribution < -0.4 is 16.6 Å². The number of carbonyl (C=O) groups excluding carboxylic acids is 1. The van der Waals surface area contributed by atoms with Crippen molar-refractivity contribution < 1.29 is 14.5 Å². The largest absolute Gasteiger partial charge is 0.463 e. The van der Waals surface area contributed by atoms with Gasteiger partial charge in [0.05, 0.1) is 29.3 Å². The maximum atomic E-state index is 13.9. The molecule has 13 nitrogen and oxygen atoms in total. The van der Waals surface area contributed by atoms with E-state index in [2.05, 4.69) is 15.3 Å². The Morgan fingerprint density at radius 1 is 1.20 bits per heavy atom. The van der Waals surface area contributed by atoms with Crippen molar-refractivity contribution >= 4 is 22.8 Å². The average Bonchev–Trinajstić information content (AvgIpc) is 3.39. The molecule has 0 saturated heterocycles. The summed E-state index contributed by atoms with van der Waals surface area (Å²) < 4.78 is 9.65. The maximum absolute atomic E-state index is 13.9. The summed E-state index contributed by atoms with van der Waals surface area (Å²) in [5.41, 5.74) is 0.559. The second-order valence-corrected chi connectivity index (χ2v) is 10.3. The first-order valence-electron chi connectivity index (χ1n) is 12.9. The molecule has 0 aliphatic carbocycles. The van der Waals surface area contributed by atoms with E-state index in [9.17, 15) is 24.5 Å². The Labute approximate surface area is 233 Å². The number of benzene rings is 1. The number of esters is 1. The molecule has 1 aliphatic rings. The standard InChI is InChI=1S/C28H29N7O6/c1-17-13-21(18-7-5-9-20(14-18)35(39)40)22(28(2,31-17)19-8-6-10-29-15-19)26(37)41-12-11-34-16-30-24-23(34)25(36)33(4)27(38)32(24)3/h5-10,13-16,21-22,31H,11-12H2,1-4H3. The SMILES string of the molecule is CC1=CC(c2cccc([N+](=O)[O-])c2)C(C(=O)OCCn2cnc3c2c(=O)n(C)c(=O)n3C)C(C)(c2cccnc2)N1. The van der Waals surface area contributed by atoms with E-state index in [0.29, 0.717) is 5.56 Å². The number of aryl methyl sites for hydroxylation is 1. The van der Waals surface area contributed by atoms with Crippen LogP contribution in [0.25, 0.3) is 11.2 Å². The van der Waals surface area contributed by atoms with Crippen LogP contribution in [-0.2, 0) is 35.7 Å². The molecule has 13 heteroatoms. The van der Waals surface area contributed by atoms with Crippen LogP contribution >= 0.6 is 0 Å². The van der Waals surface area contributed by atoms with Gasteiger partial charge in [-0.25, -0.2) is 9.78 Å². The van der Waals surface area contributed by atoms with Crippen LogP contribution in [0.15, 0.2) is 76.5 Å². The Hall–Kier alpha value is -5.07. The van der Waals surface area contributed by atoms with Crippen LogP contribution in [0.3, 0.4) is 0 Å². The minimum atomic E-state index is -0.963. The number of nitro benzene ring substituents is 1. The molecule has 3 unspecified atom stereocenters. The fraction of sp³-hybridized carbons (Fsp3) is 0.321. The Morgan fingerprint density at radius 2 is 1.98 bits per heavy atom. The van der Waals surface area contributed by atoms with Crippen LogP contribution in [0.2, 0.25) is 0 Å². The van der Waals surface area contributed by atoms with Crippen LogP contribution in [0.5, 0.6) is 0 Å². The van der Waals surface area contributed by atoms with Gasteiger partial charge in [-0.2, -0.15) is 0 Å². The zero-order valence-electron chi connectivity index (χ0n) is 23.0. The highest BCUT2D eigenvalue weighted by molar-refractivity contribution is 5.77. The molecule has 41 heavy (non-hydrogen) atoms. The highest BCUT2D eigenvalue weighted by Gasteiger charge is 2.49. The summed E-state index contributed by atoms with van der Waals surface area (Å²) in [6, 6.07) is 9.88. The first-order chi connectivity index (χ1) is 19.5. The van der Waals surface area contributed by atoms with E-state index in [1.807, 2.05) is 26.0 Å². The zero-order chi connectivity index (χ0) is 29.5. The van der Waals surface area contributed by atoms with Crippen LogP contribution in [0.1, 0.15) is 30.9 Å². The number of carbonyl (C=O) groups is 1. The van der Waals surface area contributed by atoms with Gasteiger partial charge in [0.2, 0.25) is 0 Å². The van der Waals surface area contributed by atoms with Crippen LogP contribution in [0.4, 0.5) is 5.69 Å². The van der Waals surface area contributed by atoms with Crippen molar-refractivity contribution in [2.75, 3.05) is 6.61 Å². The number of hydrogen-bond acceptors (Lipinski definition) is 9. The normalized spacial score (nSPS) is 20.3. The second-order valence-electron chi connectivity index (χ2n) is 10.3. The van der Waals surface area contributed by atoms with Gasteiger partial charge in [0.1, 0.15) is 6.61 Å². The number of imidazole rings is 1. The van der Waals surface area contributed by atoms with E-state index in [-0.39, 0.29) is 30.0 Å². The van der Waals surface area contributed by atoms with Crippen LogP contribution in [-0.4, -0.2) is 41.2 Å². The first-order valence-corrected chi connectivity index (χ1v) is 12.9. The topological polar surface area (TPSA) is 156 Å². The Morgan fingerprint density at radius 3 is 2.68 bits per heavy atom. The highest BCUT2D eigenvalue weighted by Crippen LogP contribution is 2.45. The molecule has 0 saturated carbocycles. The third kappa shape index (κ3) is 4.79. The third-order valence-corrected chi connectivity index (χ3v) is 7.64. The number of nitrogens with one attached hydrogen (secondary N) is 1. The van der Waals surface area contributed by atoms with Gasteiger partial charge < -0.3 is 14.6 Å². The van der Waals surface area contributed by atoms with Crippen molar-refractivity contribution in [3.05, 3.63) is 109 Å². The van der Waals surface area contributed by atoms with E-state index in [1.165, 1.54) is 37.1 Å². The number of hydrogen-bond donors (Lipinski definition) is 1. The molecular formula is C28H29N7O6.